The summed E-state index contributed by atoms with van der Waals surface area (Å²) >= 11 is 0.0338. The third-order valence-corrected chi connectivity index (χ3v) is 3.99. The maximum absolute atomic E-state index is 11.6. The van der Waals surface area contributed by atoms with Crippen molar-refractivity contribution in [3.63, 3.8) is 0 Å². The van der Waals surface area contributed by atoms with Crippen LogP contribution < -0.4 is 21.2 Å². The predicted molar refractivity (Wildman–Crippen MR) is 62.5 cm³/mol. The molecule has 0 aromatic heterocycles. The second-order valence-electron chi connectivity index (χ2n) is 3.20. The van der Waals surface area contributed by atoms with Gasteiger partial charge in [0.2, 0.25) is 0 Å². The number of hydrogen-bond acceptors (Lipinski definition) is 4. The van der Waals surface area contributed by atoms with Crippen molar-refractivity contribution in [2.24, 2.45) is 0 Å². The van der Waals surface area contributed by atoms with E-state index in [0.29, 0.717) is 5.56 Å². The zero-order valence-corrected chi connectivity index (χ0v) is 12.2. The fraction of sp³-hybridized carbons (Fsp3) is 0.231. The molecule has 0 aliphatic heterocycles. The van der Waals surface area contributed by atoms with Gasteiger partial charge in [0, 0.05) is 0 Å². The van der Waals surface area contributed by atoms with Crippen LogP contribution in [-0.2, 0) is 14.3 Å². The first-order valence-electron chi connectivity index (χ1n) is 5.23. The van der Waals surface area contributed by atoms with Gasteiger partial charge in [-0.05, 0) is 0 Å². The van der Waals surface area contributed by atoms with Gasteiger partial charge >= 0.3 is 116 Å². The van der Waals surface area contributed by atoms with Crippen LogP contribution in [0.1, 0.15) is 10.4 Å². The van der Waals surface area contributed by atoms with E-state index in [9.17, 15) is 9.59 Å². The Morgan fingerprint density at radius 1 is 1.22 bits per heavy atom. The summed E-state index contributed by atoms with van der Waals surface area (Å²) in [6.07, 6.45) is 1.06. The molecule has 0 heterocycles. The molecule has 0 saturated carbocycles. The summed E-state index contributed by atoms with van der Waals surface area (Å²) < 4.78 is 10.9. The average Bonchev–Trinajstić information content (AvgIpc) is 2.43. The molecule has 0 amide bonds. The first kappa shape index (κ1) is 14.7. The van der Waals surface area contributed by atoms with Crippen LogP contribution in [0.15, 0.2) is 36.9 Å². The molecule has 1 rings (SSSR count). The molecule has 0 radical (unpaired) electrons. The fourth-order valence-electron chi connectivity index (χ4n) is 1.13. The molecule has 0 fully saturated rings. The summed E-state index contributed by atoms with van der Waals surface area (Å²) in [6, 6.07) is 7.36. The van der Waals surface area contributed by atoms with Crippen LogP contribution in [0.5, 0.6) is 0 Å². The third kappa shape index (κ3) is 4.87. The van der Waals surface area contributed by atoms with Crippen LogP contribution in [0.3, 0.4) is 0 Å². The Kier molecular flexibility index (Phi) is 6.42. The second-order valence-corrected chi connectivity index (χ2v) is 5.53. The number of rotatable bonds is 6. The first-order chi connectivity index (χ1) is 8.67. The number of benzene rings is 1. The van der Waals surface area contributed by atoms with Gasteiger partial charge in [-0.2, -0.15) is 0 Å². The van der Waals surface area contributed by atoms with Gasteiger partial charge in [0.15, 0.2) is 0 Å². The number of alkyl halides is 1. The van der Waals surface area contributed by atoms with Crippen molar-refractivity contribution in [1.82, 2.24) is 0 Å². The minimum atomic E-state index is -0.526. The van der Waals surface area contributed by atoms with E-state index >= 15 is 0 Å². The van der Waals surface area contributed by atoms with E-state index in [1.807, 2.05) is 12.1 Å². The molecule has 0 unspecified atom stereocenters. The second kappa shape index (κ2) is 7.86. The molecule has 4 nitrogen and oxygen atoms in total. The Morgan fingerprint density at radius 2 is 1.83 bits per heavy atom. The summed E-state index contributed by atoms with van der Waals surface area (Å²) in [6.45, 7) is 3.34. The van der Waals surface area contributed by atoms with Gasteiger partial charge in [0.25, 0.3) is 0 Å². The van der Waals surface area contributed by atoms with Gasteiger partial charge in [0.05, 0.1) is 0 Å². The van der Waals surface area contributed by atoms with Crippen LogP contribution in [0.25, 0.3) is 0 Å². The predicted octanol–water partition coefficient (Wildman–Crippen LogP) is -1.54. The van der Waals surface area contributed by atoms with E-state index in [2.05, 4.69) is 16.2 Å². The fourth-order valence-corrected chi connectivity index (χ4v) is 2.21. The van der Waals surface area contributed by atoms with Crippen molar-refractivity contribution in [2.75, 3.05) is 18.1 Å². The number of hydrogen-bond donors (Lipinski definition) is 0. The third-order valence-electron chi connectivity index (χ3n) is 2.03. The van der Waals surface area contributed by atoms with Crippen molar-refractivity contribution in [1.29, 1.82) is 0 Å². The number of carbonyl (C=O) groups excluding carboxylic acids is 2. The van der Waals surface area contributed by atoms with Crippen molar-refractivity contribution in [2.45, 2.75) is 0 Å². The van der Waals surface area contributed by atoms with E-state index in [1.165, 1.54) is 3.57 Å². The Morgan fingerprint density at radius 3 is 2.39 bits per heavy atom. The van der Waals surface area contributed by atoms with Gasteiger partial charge < -0.3 is 0 Å². The molecular formula is C13H14IO4-. The number of carbonyl (C=O) groups is 2. The molecular weight excluding hydrogens is 347 g/mol. The van der Waals surface area contributed by atoms with Crippen molar-refractivity contribution in [3.8, 4) is 0 Å². The van der Waals surface area contributed by atoms with Gasteiger partial charge in [-0.3, -0.25) is 0 Å². The zero-order chi connectivity index (χ0) is 13.4. The van der Waals surface area contributed by atoms with Crippen molar-refractivity contribution < 1.29 is 40.3 Å². The average molecular weight is 361 g/mol. The summed E-state index contributed by atoms with van der Waals surface area (Å²) in [7, 11) is 0. The number of esters is 2. The molecule has 1 aromatic carbocycles. The zero-order valence-electron chi connectivity index (χ0n) is 10.0. The van der Waals surface area contributed by atoms with Gasteiger partial charge in [-0.15, -0.1) is 0 Å². The van der Waals surface area contributed by atoms with Gasteiger partial charge in [0.1, 0.15) is 0 Å². The summed E-state index contributed by atoms with van der Waals surface area (Å²) in [5, 5.41) is 0. The molecule has 0 atom stereocenters. The molecule has 1 aromatic rings. The molecule has 0 N–H and O–H groups in total. The Labute approximate surface area is 116 Å². The molecule has 0 bridgehead atoms. The molecule has 0 spiro atoms. The van der Waals surface area contributed by atoms with Crippen molar-refractivity contribution >= 4 is 11.9 Å². The van der Waals surface area contributed by atoms with E-state index in [-0.39, 0.29) is 34.4 Å². The van der Waals surface area contributed by atoms with E-state index < -0.39 is 11.9 Å². The minimum absolute atomic E-state index is 0.0338. The van der Waals surface area contributed by atoms with E-state index in [4.69, 9.17) is 4.74 Å². The van der Waals surface area contributed by atoms with Crippen LogP contribution in [0.2, 0.25) is 0 Å². The molecule has 5 heteroatoms. The SMILES string of the molecule is C=CC(=O)OCCOC(=O)c1ccc([I-]C)cc1. The Bertz CT molecular complexity index is 425. The van der Waals surface area contributed by atoms with Gasteiger partial charge in [-0.1, -0.05) is 0 Å². The summed E-state index contributed by atoms with van der Waals surface area (Å²) in [5.74, 6) is -0.937. The number of ether oxygens (including phenoxy) is 2. The molecule has 0 aliphatic rings. The number of halogens is 1. The Balaban J connectivity index is 2.36. The standard InChI is InChI=1S/C13H14IO4/c1-3-12(15)17-8-9-18-13(16)10-4-6-11(14-2)7-5-10/h3-7H,1,8-9H2,2H3/q-1. The normalized spacial score (nSPS) is 9.83. The van der Waals surface area contributed by atoms with Crippen molar-refractivity contribution in [3.05, 3.63) is 46.1 Å². The summed E-state index contributed by atoms with van der Waals surface area (Å²) in [4.78, 5) is 24.5. The van der Waals surface area contributed by atoms with Crippen LogP contribution >= 0.6 is 0 Å². The molecule has 18 heavy (non-hydrogen) atoms. The summed E-state index contributed by atoms with van der Waals surface area (Å²) in [5.41, 5.74) is 0.506. The molecule has 0 saturated heterocycles. The molecule has 0 aliphatic carbocycles. The maximum atomic E-state index is 11.6. The quantitative estimate of drug-likeness (QED) is 0.203. The van der Waals surface area contributed by atoms with Crippen LogP contribution in [0.4, 0.5) is 0 Å². The monoisotopic (exact) mass is 361 g/mol. The first-order valence-corrected chi connectivity index (χ1v) is 8.47. The van der Waals surface area contributed by atoms with E-state index in [1.54, 1.807) is 12.1 Å². The Hall–Kier alpha value is -1.37. The van der Waals surface area contributed by atoms with Gasteiger partial charge in [-0.25, -0.2) is 0 Å². The van der Waals surface area contributed by atoms with Crippen LogP contribution in [-0.4, -0.2) is 30.1 Å². The molecule has 98 valence electrons. The van der Waals surface area contributed by atoms with Crippen LogP contribution in [0, 0.1) is 3.57 Å². The van der Waals surface area contributed by atoms with E-state index in [0.717, 1.165) is 6.08 Å². The topological polar surface area (TPSA) is 52.6 Å².